The Kier molecular flexibility index (Phi) is 4.82. The third kappa shape index (κ3) is 4.21. The summed E-state index contributed by atoms with van der Waals surface area (Å²) in [7, 11) is 0. The molecule has 0 radical (unpaired) electrons. The largest absolute Gasteiger partial charge is 0.383 e. The molecule has 1 fully saturated rings. The molecule has 0 saturated heterocycles. The van der Waals surface area contributed by atoms with Gasteiger partial charge in [-0.2, -0.15) is 0 Å². The van der Waals surface area contributed by atoms with Crippen LogP contribution in [0.25, 0.3) is 0 Å². The fraction of sp³-hybridized carbons (Fsp3) is 0.643. The van der Waals surface area contributed by atoms with Crippen LogP contribution in [0.3, 0.4) is 0 Å². The number of hydrogen-bond acceptors (Lipinski definition) is 3. The van der Waals surface area contributed by atoms with Crippen LogP contribution in [-0.4, -0.2) is 23.7 Å². The van der Waals surface area contributed by atoms with Crippen LogP contribution in [0.4, 0.5) is 0 Å². The van der Waals surface area contributed by atoms with E-state index >= 15 is 0 Å². The van der Waals surface area contributed by atoms with Gasteiger partial charge in [-0.25, -0.2) is 0 Å². The van der Waals surface area contributed by atoms with Crippen molar-refractivity contribution in [1.82, 2.24) is 5.32 Å². The molecule has 1 aliphatic carbocycles. The number of aliphatic hydroxyl groups is 1. The first-order chi connectivity index (χ1) is 9.08. The number of thiophene rings is 1. The van der Waals surface area contributed by atoms with Gasteiger partial charge >= 0.3 is 0 Å². The third-order valence-electron chi connectivity index (χ3n) is 3.57. The minimum atomic E-state index is -0.937. The lowest BCUT2D eigenvalue weighted by molar-refractivity contribution is 0.0711. The van der Waals surface area contributed by atoms with Crippen molar-refractivity contribution in [3.63, 3.8) is 0 Å². The highest BCUT2D eigenvalue weighted by Gasteiger charge is 2.24. The molecule has 4 nitrogen and oxygen atoms in total. The van der Waals surface area contributed by atoms with Crippen molar-refractivity contribution in [2.24, 2.45) is 10.7 Å². The Balaban J connectivity index is 1.86. The van der Waals surface area contributed by atoms with Gasteiger partial charge in [0.25, 0.3) is 0 Å². The second-order valence-corrected chi connectivity index (χ2v) is 6.38. The van der Waals surface area contributed by atoms with Crippen molar-refractivity contribution < 1.29 is 5.11 Å². The molecule has 2 rings (SSSR count). The molecule has 1 aromatic heterocycles. The number of nitrogens with zero attached hydrogens (tertiary/aromatic N) is 1. The van der Waals surface area contributed by atoms with Gasteiger partial charge in [0.15, 0.2) is 5.96 Å². The van der Waals surface area contributed by atoms with Gasteiger partial charge in [-0.1, -0.05) is 25.3 Å². The normalized spacial score (nSPS) is 21.1. The topological polar surface area (TPSA) is 70.6 Å². The molecular weight excluding hydrogens is 258 g/mol. The SMILES string of the molecule is CC(O)(CN=C(N)NC1CCCCC1)c1cccs1. The Morgan fingerprint density at radius 2 is 2.26 bits per heavy atom. The zero-order valence-corrected chi connectivity index (χ0v) is 12.2. The molecule has 19 heavy (non-hydrogen) atoms. The third-order valence-corrected chi connectivity index (χ3v) is 4.69. The second kappa shape index (κ2) is 6.39. The van der Waals surface area contributed by atoms with Gasteiger partial charge in [0.05, 0.1) is 6.54 Å². The molecule has 0 aliphatic heterocycles. The quantitative estimate of drug-likeness (QED) is 0.585. The fourth-order valence-corrected chi connectivity index (χ4v) is 3.18. The van der Waals surface area contributed by atoms with Crippen LogP contribution in [0.15, 0.2) is 22.5 Å². The molecule has 5 heteroatoms. The molecule has 0 bridgehead atoms. The lowest BCUT2D eigenvalue weighted by Crippen LogP contribution is -2.41. The number of hydrogen-bond donors (Lipinski definition) is 3. The van der Waals surface area contributed by atoms with E-state index in [2.05, 4.69) is 10.3 Å². The Morgan fingerprint density at radius 1 is 1.53 bits per heavy atom. The smallest absolute Gasteiger partial charge is 0.188 e. The van der Waals surface area contributed by atoms with Crippen molar-refractivity contribution in [2.45, 2.75) is 50.7 Å². The van der Waals surface area contributed by atoms with Crippen molar-refractivity contribution in [2.75, 3.05) is 6.54 Å². The first-order valence-electron chi connectivity index (χ1n) is 6.91. The fourth-order valence-electron chi connectivity index (χ4n) is 2.40. The summed E-state index contributed by atoms with van der Waals surface area (Å²) in [5.74, 6) is 0.448. The minimum Gasteiger partial charge on any atom is -0.383 e. The van der Waals surface area contributed by atoms with Crippen LogP contribution in [0, 0.1) is 0 Å². The van der Waals surface area contributed by atoms with Gasteiger partial charge in [0.2, 0.25) is 0 Å². The van der Waals surface area contributed by atoms with Crippen LogP contribution < -0.4 is 11.1 Å². The predicted octanol–water partition coefficient (Wildman–Crippen LogP) is 2.19. The number of guanidine groups is 1. The number of nitrogens with two attached hydrogens (primary N) is 1. The molecular formula is C14H23N3OS. The van der Waals surface area contributed by atoms with Crippen LogP contribution in [-0.2, 0) is 5.60 Å². The Morgan fingerprint density at radius 3 is 2.89 bits per heavy atom. The molecule has 1 aromatic rings. The molecule has 0 spiro atoms. The number of aliphatic imine (C=N–C) groups is 1. The summed E-state index contributed by atoms with van der Waals surface area (Å²) in [5.41, 5.74) is 4.96. The average molecular weight is 281 g/mol. The van der Waals surface area contributed by atoms with E-state index < -0.39 is 5.60 Å². The van der Waals surface area contributed by atoms with E-state index in [9.17, 15) is 5.11 Å². The zero-order valence-electron chi connectivity index (χ0n) is 11.4. The van der Waals surface area contributed by atoms with Gasteiger partial charge in [0.1, 0.15) is 5.60 Å². The van der Waals surface area contributed by atoms with E-state index in [-0.39, 0.29) is 0 Å². The van der Waals surface area contributed by atoms with Crippen molar-refractivity contribution in [3.05, 3.63) is 22.4 Å². The molecule has 1 aliphatic rings. The van der Waals surface area contributed by atoms with E-state index in [1.54, 1.807) is 6.92 Å². The Labute approximate surface area is 118 Å². The van der Waals surface area contributed by atoms with Crippen molar-refractivity contribution in [3.8, 4) is 0 Å². The van der Waals surface area contributed by atoms with Gasteiger partial charge in [-0.15, -0.1) is 11.3 Å². The summed E-state index contributed by atoms with van der Waals surface area (Å²) in [4.78, 5) is 5.20. The summed E-state index contributed by atoms with van der Waals surface area (Å²) in [6.07, 6.45) is 6.17. The lowest BCUT2D eigenvalue weighted by Gasteiger charge is -2.24. The Hall–Kier alpha value is -1.07. The summed E-state index contributed by atoms with van der Waals surface area (Å²) in [6.45, 7) is 2.06. The lowest BCUT2D eigenvalue weighted by atomic mass is 9.96. The highest BCUT2D eigenvalue weighted by atomic mass is 32.1. The summed E-state index contributed by atoms with van der Waals surface area (Å²) < 4.78 is 0. The molecule has 0 aromatic carbocycles. The summed E-state index contributed by atoms with van der Waals surface area (Å²) >= 11 is 1.54. The summed E-state index contributed by atoms with van der Waals surface area (Å²) in [6, 6.07) is 4.30. The number of rotatable bonds is 4. The minimum absolute atomic E-state index is 0.291. The van der Waals surface area contributed by atoms with Gasteiger partial charge in [0, 0.05) is 10.9 Å². The first kappa shape index (κ1) is 14.3. The van der Waals surface area contributed by atoms with Gasteiger partial charge in [-0.3, -0.25) is 4.99 Å². The zero-order chi connectivity index (χ0) is 13.7. The van der Waals surface area contributed by atoms with E-state index in [0.29, 0.717) is 18.5 Å². The predicted molar refractivity (Wildman–Crippen MR) is 80.4 cm³/mol. The molecule has 1 saturated carbocycles. The van der Waals surface area contributed by atoms with Gasteiger partial charge in [-0.05, 0) is 31.2 Å². The first-order valence-corrected chi connectivity index (χ1v) is 7.79. The maximum Gasteiger partial charge on any atom is 0.188 e. The average Bonchev–Trinajstić information content (AvgIpc) is 2.92. The van der Waals surface area contributed by atoms with Crippen LogP contribution >= 0.6 is 11.3 Å². The highest BCUT2D eigenvalue weighted by Crippen LogP contribution is 2.25. The molecule has 4 N–H and O–H groups in total. The van der Waals surface area contributed by atoms with Crippen molar-refractivity contribution in [1.29, 1.82) is 0 Å². The maximum atomic E-state index is 10.3. The van der Waals surface area contributed by atoms with Crippen LogP contribution in [0.5, 0.6) is 0 Å². The number of nitrogens with one attached hydrogen (secondary N) is 1. The molecule has 1 unspecified atom stereocenters. The molecule has 1 heterocycles. The summed E-state index contributed by atoms with van der Waals surface area (Å²) in [5, 5.41) is 15.6. The van der Waals surface area contributed by atoms with Gasteiger partial charge < -0.3 is 16.2 Å². The van der Waals surface area contributed by atoms with Crippen molar-refractivity contribution >= 4 is 17.3 Å². The monoisotopic (exact) mass is 281 g/mol. The van der Waals surface area contributed by atoms with E-state index in [1.807, 2.05) is 17.5 Å². The Bertz CT molecular complexity index is 408. The molecule has 106 valence electrons. The van der Waals surface area contributed by atoms with E-state index in [1.165, 1.54) is 30.6 Å². The molecule has 0 amide bonds. The second-order valence-electron chi connectivity index (χ2n) is 5.43. The van der Waals surface area contributed by atoms with Crippen LogP contribution in [0.2, 0.25) is 0 Å². The van der Waals surface area contributed by atoms with E-state index in [0.717, 1.165) is 17.7 Å². The highest BCUT2D eigenvalue weighted by molar-refractivity contribution is 7.10. The van der Waals surface area contributed by atoms with Crippen LogP contribution in [0.1, 0.15) is 43.9 Å². The maximum absolute atomic E-state index is 10.3. The standard InChI is InChI=1S/C14H23N3OS/c1-14(18,12-8-5-9-19-12)10-16-13(15)17-11-6-3-2-4-7-11/h5,8-9,11,18H,2-4,6-7,10H2,1H3,(H3,15,16,17). The molecule has 1 atom stereocenters. The van der Waals surface area contributed by atoms with E-state index in [4.69, 9.17) is 5.73 Å².